The van der Waals surface area contributed by atoms with Gasteiger partial charge in [-0.05, 0) is 67.8 Å². The first-order valence-corrected chi connectivity index (χ1v) is 12.6. The second kappa shape index (κ2) is 9.53. The van der Waals surface area contributed by atoms with Crippen molar-refractivity contribution in [3.63, 3.8) is 0 Å². The van der Waals surface area contributed by atoms with Crippen molar-refractivity contribution in [3.05, 3.63) is 75.9 Å². The van der Waals surface area contributed by atoms with Crippen molar-refractivity contribution in [2.45, 2.75) is 26.8 Å². The van der Waals surface area contributed by atoms with E-state index in [4.69, 9.17) is 23.6 Å². The zero-order valence-corrected chi connectivity index (χ0v) is 22.6. The topological polar surface area (TPSA) is 111 Å². The third-order valence-corrected chi connectivity index (χ3v) is 7.45. The number of aliphatic hydroxyl groups is 1. The van der Waals surface area contributed by atoms with E-state index in [1.54, 1.807) is 25.1 Å². The summed E-state index contributed by atoms with van der Waals surface area (Å²) in [4.78, 5) is 33.4. The summed E-state index contributed by atoms with van der Waals surface area (Å²) in [6.45, 7) is 5.64. The lowest BCUT2D eigenvalue weighted by atomic mass is 9.94. The Balaban J connectivity index is 1.75. The number of hydrogen-bond acceptors (Lipinski definition) is 9. The number of rotatable bonds is 7. The van der Waals surface area contributed by atoms with Gasteiger partial charge in [-0.15, -0.1) is 0 Å². The van der Waals surface area contributed by atoms with Crippen molar-refractivity contribution in [2.75, 3.05) is 26.2 Å². The Kier molecular flexibility index (Phi) is 6.36. The lowest BCUT2D eigenvalue weighted by Crippen LogP contribution is -2.31. The number of anilines is 1. The first-order valence-electron chi connectivity index (χ1n) is 11.7. The average molecular weight is 535 g/mol. The Bertz CT molecular complexity index is 1610. The van der Waals surface area contributed by atoms with Crippen LogP contribution in [-0.4, -0.2) is 43.1 Å². The van der Waals surface area contributed by atoms with Crippen LogP contribution in [0.3, 0.4) is 0 Å². The van der Waals surface area contributed by atoms with Crippen LogP contribution < -0.4 is 19.1 Å². The predicted octanol–water partition coefficient (Wildman–Crippen LogP) is 5.62. The summed E-state index contributed by atoms with van der Waals surface area (Å²) < 4.78 is 23.0. The van der Waals surface area contributed by atoms with Crippen LogP contribution in [0.1, 0.15) is 39.0 Å². The molecule has 5 rings (SSSR count). The molecule has 4 aromatic rings. The third kappa shape index (κ3) is 3.97. The maximum Gasteiger partial charge on any atom is 0.296 e. The van der Waals surface area contributed by atoms with E-state index in [2.05, 4.69) is 0 Å². The lowest BCUT2D eigenvalue weighted by Gasteiger charge is -2.25. The van der Waals surface area contributed by atoms with E-state index in [1.807, 2.05) is 26.0 Å². The van der Waals surface area contributed by atoms with E-state index in [0.717, 1.165) is 21.3 Å². The second-order valence-electron chi connectivity index (χ2n) is 8.96. The highest BCUT2D eigenvalue weighted by Gasteiger charge is 2.47. The van der Waals surface area contributed by atoms with Crippen molar-refractivity contribution >= 4 is 38.4 Å². The van der Waals surface area contributed by atoms with Crippen LogP contribution in [0.5, 0.6) is 17.2 Å². The van der Waals surface area contributed by atoms with Crippen LogP contribution in [0.4, 0.5) is 5.13 Å². The number of ether oxygens (including phenoxy) is 3. The fraction of sp³-hybridized carbons (Fsp3) is 0.250. The van der Waals surface area contributed by atoms with Crippen LogP contribution in [0, 0.1) is 20.8 Å². The zero-order chi connectivity index (χ0) is 27.3. The van der Waals surface area contributed by atoms with Gasteiger partial charge in [0.15, 0.2) is 28.1 Å². The number of aromatic nitrogens is 1. The molecule has 38 heavy (non-hydrogen) atoms. The molecule has 1 amide bonds. The summed E-state index contributed by atoms with van der Waals surface area (Å²) in [6.07, 6.45) is 0. The van der Waals surface area contributed by atoms with Gasteiger partial charge < -0.3 is 23.7 Å². The lowest BCUT2D eigenvalue weighted by molar-refractivity contribution is -0.117. The Morgan fingerprint density at radius 3 is 2.29 bits per heavy atom. The molecule has 3 heterocycles. The van der Waals surface area contributed by atoms with Gasteiger partial charge >= 0.3 is 0 Å². The first-order chi connectivity index (χ1) is 18.2. The van der Waals surface area contributed by atoms with Gasteiger partial charge in [0.2, 0.25) is 11.5 Å². The number of aliphatic hydroxyl groups excluding tert-OH is 1. The highest BCUT2D eigenvalue weighted by atomic mass is 32.1. The number of amides is 1. The minimum absolute atomic E-state index is 0.00640. The molecule has 1 aliphatic heterocycles. The SMILES string of the molecule is COc1cc([C@@H]2C(C(=O)c3ccc(C)o3)=C(O)C(=O)N2c2nc3c(C)cc(C)cc3s2)cc(OC)c1OC. The van der Waals surface area contributed by atoms with E-state index in [1.165, 1.54) is 43.6 Å². The maximum atomic E-state index is 13.7. The summed E-state index contributed by atoms with van der Waals surface area (Å²) in [6, 6.07) is 9.41. The molecule has 0 fully saturated rings. The second-order valence-corrected chi connectivity index (χ2v) is 9.97. The molecule has 0 spiro atoms. The van der Waals surface area contributed by atoms with E-state index < -0.39 is 23.5 Å². The molecule has 2 aromatic carbocycles. The molecule has 10 heteroatoms. The van der Waals surface area contributed by atoms with Crippen molar-refractivity contribution in [1.29, 1.82) is 0 Å². The van der Waals surface area contributed by atoms with E-state index in [0.29, 0.717) is 33.7 Å². The number of furan rings is 1. The standard InChI is InChI=1S/C28H26N2O7S/c1-13-9-14(2)22-20(10-13)38-28(29-22)30-23(16-11-18(34-4)26(36-6)19(12-16)35-5)21(25(32)27(30)33)24(31)17-8-7-15(3)37-17/h7-12,23,32H,1-6H3/t23-/m1/s1. The van der Waals surface area contributed by atoms with Gasteiger partial charge in [0, 0.05) is 0 Å². The van der Waals surface area contributed by atoms with Crippen LogP contribution in [0.15, 0.2) is 52.1 Å². The van der Waals surface area contributed by atoms with Gasteiger partial charge in [-0.2, -0.15) is 0 Å². The van der Waals surface area contributed by atoms with E-state index in [-0.39, 0.29) is 11.3 Å². The van der Waals surface area contributed by atoms with Crippen molar-refractivity contribution in [3.8, 4) is 17.2 Å². The molecular formula is C28H26N2O7S. The largest absolute Gasteiger partial charge is 0.503 e. The molecule has 0 unspecified atom stereocenters. The molecule has 0 saturated carbocycles. The Morgan fingerprint density at radius 1 is 1.03 bits per heavy atom. The average Bonchev–Trinajstić information content (AvgIpc) is 3.59. The minimum atomic E-state index is -1.05. The van der Waals surface area contributed by atoms with E-state index >= 15 is 0 Å². The summed E-state index contributed by atoms with van der Waals surface area (Å²) in [5.74, 6) is -0.488. The van der Waals surface area contributed by atoms with Gasteiger partial charge in [0.25, 0.3) is 5.91 Å². The first kappa shape index (κ1) is 25.3. The molecule has 1 aliphatic rings. The number of aryl methyl sites for hydroxylation is 3. The third-order valence-electron chi connectivity index (χ3n) is 6.44. The Morgan fingerprint density at radius 2 is 1.71 bits per heavy atom. The van der Waals surface area contributed by atoms with Gasteiger partial charge in [0.1, 0.15) is 5.76 Å². The number of fused-ring (bicyclic) bond motifs is 1. The number of nitrogens with zero attached hydrogens (tertiary/aromatic N) is 2. The number of thiazole rings is 1. The fourth-order valence-electron chi connectivity index (χ4n) is 4.76. The molecule has 2 aromatic heterocycles. The number of hydrogen-bond donors (Lipinski definition) is 1. The fourth-order valence-corrected chi connectivity index (χ4v) is 5.93. The maximum absolute atomic E-state index is 13.7. The highest BCUT2D eigenvalue weighted by molar-refractivity contribution is 7.22. The van der Waals surface area contributed by atoms with E-state index in [9.17, 15) is 14.7 Å². The monoisotopic (exact) mass is 534 g/mol. The number of benzene rings is 2. The molecule has 196 valence electrons. The predicted molar refractivity (Wildman–Crippen MR) is 143 cm³/mol. The number of carbonyl (C=O) groups excluding carboxylic acids is 2. The molecular weight excluding hydrogens is 508 g/mol. The molecule has 1 N–H and O–H groups in total. The number of carbonyl (C=O) groups is 2. The normalized spacial score (nSPS) is 15.5. The van der Waals surface area contributed by atoms with Crippen LogP contribution in [0.2, 0.25) is 0 Å². The number of ketones is 1. The molecule has 0 aliphatic carbocycles. The summed E-state index contributed by atoms with van der Waals surface area (Å²) >= 11 is 1.30. The highest BCUT2D eigenvalue weighted by Crippen LogP contribution is 2.48. The van der Waals surface area contributed by atoms with Gasteiger partial charge in [0.05, 0.1) is 43.2 Å². The minimum Gasteiger partial charge on any atom is -0.503 e. The Labute approximate surface area is 222 Å². The molecule has 0 bridgehead atoms. The summed E-state index contributed by atoms with van der Waals surface area (Å²) in [5, 5.41) is 11.4. The molecule has 1 atom stereocenters. The van der Waals surface area contributed by atoms with Gasteiger partial charge in [-0.1, -0.05) is 17.4 Å². The number of methoxy groups -OCH3 is 3. The zero-order valence-electron chi connectivity index (χ0n) is 21.7. The van der Waals surface area contributed by atoms with Crippen LogP contribution in [0.25, 0.3) is 10.2 Å². The molecule has 9 nitrogen and oxygen atoms in total. The van der Waals surface area contributed by atoms with Crippen molar-refractivity contribution < 1.29 is 33.3 Å². The van der Waals surface area contributed by atoms with Crippen LogP contribution in [-0.2, 0) is 4.79 Å². The summed E-state index contributed by atoms with van der Waals surface area (Å²) in [5.41, 5.74) is 3.08. The van der Waals surface area contributed by atoms with Crippen LogP contribution >= 0.6 is 11.3 Å². The summed E-state index contributed by atoms with van der Waals surface area (Å²) in [7, 11) is 4.43. The Hall–Kier alpha value is -4.31. The molecule has 0 saturated heterocycles. The van der Waals surface area contributed by atoms with Crippen molar-refractivity contribution in [1.82, 2.24) is 4.98 Å². The quantitative estimate of drug-likeness (QED) is 0.304. The van der Waals surface area contributed by atoms with Crippen molar-refractivity contribution in [2.24, 2.45) is 0 Å². The smallest absolute Gasteiger partial charge is 0.296 e. The number of Topliss-reactive ketones (excluding diaryl/α,β-unsaturated/α-hetero) is 1. The van der Waals surface area contributed by atoms with Gasteiger partial charge in [-0.25, -0.2) is 4.98 Å². The van der Waals surface area contributed by atoms with Gasteiger partial charge in [-0.3, -0.25) is 14.5 Å². The molecule has 0 radical (unpaired) electrons.